The number of methoxy groups -OCH3 is 1. The SMILES string of the molecule is COc1ccc(N2CCN(c3nc4c(S(C)(=O)=O)cccc4s3)CC2)cc1. The highest BCUT2D eigenvalue weighted by atomic mass is 32.2. The molecule has 0 N–H and O–H groups in total. The van der Waals surface area contributed by atoms with Gasteiger partial charge >= 0.3 is 0 Å². The Kier molecular flexibility index (Phi) is 4.69. The monoisotopic (exact) mass is 403 g/mol. The zero-order valence-electron chi connectivity index (χ0n) is 15.3. The molecule has 1 aliphatic heterocycles. The first-order chi connectivity index (χ1) is 13.0. The average molecular weight is 404 g/mol. The molecule has 3 aromatic rings. The molecule has 0 bridgehead atoms. The van der Waals surface area contributed by atoms with Crippen molar-refractivity contribution in [1.82, 2.24) is 4.98 Å². The van der Waals surface area contributed by atoms with Gasteiger partial charge in [-0.1, -0.05) is 17.4 Å². The van der Waals surface area contributed by atoms with Crippen LogP contribution < -0.4 is 14.5 Å². The third-order valence-electron chi connectivity index (χ3n) is 4.76. The van der Waals surface area contributed by atoms with Gasteiger partial charge in [-0.25, -0.2) is 13.4 Å². The van der Waals surface area contributed by atoms with Crippen LogP contribution in [0.5, 0.6) is 5.75 Å². The van der Waals surface area contributed by atoms with Gasteiger partial charge in [-0.2, -0.15) is 0 Å². The Morgan fingerprint density at radius 2 is 1.67 bits per heavy atom. The summed E-state index contributed by atoms with van der Waals surface area (Å²) in [7, 11) is -1.62. The Labute approximate surface area is 162 Å². The van der Waals surface area contributed by atoms with Gasteiger partial charge in [-0.05, 0) is 36.4 Å². The van der Waals surface area contributed by atoms with Crippen LogP contribution in [0.25, 0.3) is 10.2 Å². The highest BCUT2D eigenvalue weighted by molar-refractivity contribution is 7.91. The van der Waals surface area contributed by atoms with Crippen LogP contribution in [0.4, 0.5) is 10.8 Å². The molecule has 142 valence electrons. The van der Waals surface area contributed by atoms with Crippen LogP contribution in [0.15, 0.2) is 47.4 Å². The van der Waals surface area contributed by atoms with Gasteiger partial charge in [0.2, 0.25) is 0 Å². The Morgan fingerprint density at radius 3 is 2.30 bits per heavy atom. The molecule has 0 radical (unpaired) electrons. The summed E-state index contributed by atoms with van der Waals surface area (Å²) in [5.41, 5.74) is 1.76. The number of piperazine rings is 1. The van der Waals surface area contributed by atoms with E-state index in [0.717, 1.165) is 41.8 Å². The lowest BCUT2D eigenvalue weighted by molar-refractivity contribution is 0.415. The predicted molar refractivity (Wildman–Crippen MR) is 110 cm³/mol. The maximum atomic E-state index is 12.0. The van der Waals surface area contributed by atoms with Crippen molar-refractivity contribution in [2.45, 2.75) is 4.90 Å². The lowest BCUT2D eigenvalue weighted by atomic mass is 10.2. The zero-order valence-corrected chi connectivity index (χ0v) is 16.9. The molecule has 1 saturated heterocycles. The van der Waals surface area contributed by atoms with Crippen molar-refractivity contribution in [2.24, 2.45) is 0 Å². The van der Waals surface area contributed by atoms with Gasteiger partial charge in [0.1, 0.15) is 11.3 Å². The molecule has 0 spiro atoms. The van der Waals surface area contributed by atoms with E-state index in [1.807, 2.05) is 18.2 Å². The quantitative estimate of drug-likeness (QED) is 0.667. The van der Waals surface area contributed by atoms with Crippen LogP contribution in [0.3, 0.4) is 0 Å². The Morgan fingerprint density at radius 1 is 1.00 bits per heavy atom. The second-order valence-corrected chi connectivity index (χ2v) is 9.54. The summed E-state index contributed by atoms with van der Waals surface area (Å²) in [6.45, 7) is 3.47. The second-order valence-electron chi connectivity index (χ2n) is 6.54. The minimum atomic E-state index is -3.29. The molecule has 0 aliphatic carbocycles. The van der Waals surface area contributed by atoms with Gasteiger partial charge in [0.25, 0.3) is 0 Å². The molecule has 4 rings (SSSR count). The van der Waals surface area contributed by atoms with E-state index in [9.17, 15) is 8.42 Å². The first kappa shape index (κ1) is 18.1. The summed E-state index contributed by atoms with van der Waals surface area (Å²) in [6, 6.07) is 13.4. The summed E-state index contributed by atoms with van der Waals surface area (Å²) < 4.78 is 30.2. The number of thiazole rings is 1. The van der Waals surface area contributed by atoms with Gasteiger partial charge in [0, 0.05) is 38.1 Å². The highest BCUT2D eigenvalue weighted by Crippen LogP contribution is 2.33. The maximum Gasteiger partial charge on any atom is 0.186 e. The minimum absolute atomic E-state index is 0.305. The Hall–Kier alpha value is -2.32. The van der Waals surface area contributed by atoms with Crippen LogP contribution >= 0.6 is 11.3 Å². The number of ether oxygens (including phenoxy) is 1. The van der Waals surface area contributed by atoms with E-state index >= 15 is 0 Å². The van der Waals surface area contributed by atoms with Crippen LogP contribution in [0.2, 0.25) is 0 Å². The third-order valence-corrected chi connectivity index (χ3v) is 6.97. The molecule has 6 nitrogen and oxygen atoms in total. The number of fused-ring (bicyclic) bond motifs is 1. The molecule has 1 fully saturated rings. The van der Waals surface area contributed by atoms with E-state index in [1.54, 1.807) is 30.6 Å². The van der Waals surface area contributed by atoms with Crippen LogP contribution in [0.1, 0.15) is 0 Å². The highest BCUT2D eigenvalue weighted by Gasteiger charge is 2.22. The van der Waals surface area contributed by atoms with Gasteiger partial charge in [0.05, 0.1) is 16.7 Å². The minimum Gasteiger partial charge on any atom is -0.497 e. The number of aromatic nitrogens is 1. The number of nitrogens with zero attached hydrogens (tertiary/aromatic N) is 3. The second kappa shape index (κ2) is 7.01. The number of hydrogen-bond donors (Lipinski definition) is 0. The first-order valence-corrected chi connectivity index (χ1v) is 11.4. The summed E-state index contributed by atoms with van der Waals surface area (Å²) in [6.07, 6.45) is 1.23. The summed E-state index contributed by atoms with van der Waals surface area (Å²) in [5, 5.41) is 0.885. The first-order valence-electron chi connectivity index (χ1n) is 8.69. The molecule has 0 saturated carbocycles. The van der Waals surface area contributed by atoms with E-state index in [1.165, 1.54) is 11.9 Å². The average Bonchev–Trinajstić information content (AvgIpc) is 3.11. The fourth-order valence-electron chi connectivity index (χ4n) is 3.30. The van der Waals surface area contributed by atoms with E-state index in [4.69, 9.17) is 4.74 Å². The molecular weight excluding hydrogens is 382 g/mol. The molecule has 1 aliphatic rings. The molecule has 0 atom stereocenters. The van der Waals surface area contributed by atoms with Crippen LogP contribution in [-0.4, -0.2) is 52.9 Å². The number of sulfone groups is 1. The molecule has 1 aromatic heterocycles. The third kappa shape index (κ3) is 3.59. The van der Waals surface area contributed by atoms with Gasteiger partial charge < -0.3 is 14.5 Å². The van der Waals surface area contributed by atoms with E-state index in [-0.39, 0.29) is 0 Å². The molecule has 8 heteroatoms. The molecule has 0 unspecified atom stereocenters. The summed E-state index contributed by atoms with van der Waals surface area (Å²) in [5.74, 6) is 0.855. The maximum absolute atomic E-state index is 12.0. The number of hydrogen-bond acceptors (Lipinski definition) is 7. The Bertz CT molecular complexity index is 1050. The smallest absolute Gasteiger partial charge is 0.186 e. The Balaban J connectivity index is 1.52. The van der Waals surface area contributed by atoms with E-state index in [2.05, 4.69) is 26.9 Å². The molecule has 2 aromatic carbocycles. The fraction of sp³-hybridized carbons (Fsp3) is 0.316. The van der Waals surface area contributed by atoms with Gasteiger partial charge in [-0.3, -0.25) is 0 Å². The van der Waals surface area contributed by atoms with Crippen molar-refractivity contribution in [2.75, 3.05) is 49.3 Å². The molecule has 2 heterocycles. The molecule has 0 amide bonds. The fourth-order valence-corrected chi connectivity index (χ4v) is 5.24. The van der Waals surface area contributed by atoms with Crippen molar-refractivity contribution in [3.8, 4) is 5.75 Å². The molecular formula is C19H21N3O3S2. The van der Waals surface area contributed by atoms with Crippen molar-refractivity contribution in [1.29, 1.82) is 0 Å². The predicted octanol–water partition coefficient (Wildman–Crippen LogP) is 3.04. The standard InChI is InChI=1S/C19H21N3O3S2/c1-25-15-8-6-14(7-9-15)21-10-12-22(13-11-21)19-20-18-16(26-19)4-3-5-17(18)27(2,23)24/h3-9H,10-13H2,1-2H3. The topological polar surface area (TPSA) is 62.7 Å². The van der Waals surface area contributed by atoms with Crippen LogP contribution in [0, 0.1) is 0 Å². The summed E-state index contributed by atoms with van der Waals surface area (Å²) in [4.78, 5) is 9.53. The van der Waals surface area contributed by atoms with E-state index in [0.29, 0.717) is 10.4 Å². The van der Waals surface area contributed by atoms with Crippen LogP contribution in [-0.2, 0) is 9.84 Å². The normalized spacial score (nSPS) is 15.3. The van der Waals surface area contributed by atoms with Crippen molar-refractivity contribution in [3.63, 3.8) is 0 Å². The molecule has 27 heavy (non-hydrogen) atoms. The largest absolute Gasteiger partial charge is 0.497 e. The lowest BCUT2D eigenvalue weighted by Gasteiger charge is -2.36. The van der Waals surface area contributed by atoms with Crippen molar-refractivity contribution in [3.05, 3.63) is 42.5 Å². The van der Waals surface area contributed by atoms with Crippen molar-refractivity contribution >= 4 is 42.2 Å². The zero-order chi connectivity index (χ0) is 19.0. The van der Waals surface area contributed by atoms with Gasteiger partial charge in [-0.15, -0.1) is 0 Å². The lowest BCUT2D eigenvalue weighted by Crippen LogP contribution is -2.46. The van der Waals surface area contributed by atoms with Gasteiger partial charge in [0.15, 0.2) is 15.0 Å². The number of benzene rings is 2. The number of para-hydroxylation sites is 1. The van der Waals surface area contributed by atoms with Crippen molar-refractivity contribution < 1.29 is 13.2 Å². The number of anilines is 2. The number of rotatable bonds is 4. The van der Waals surface area contributed by atoms with E-state index < -0.39 is 9.84 Å². The summed E-state index contributed by atoms with van der Waals surface area (Å²) >= 11 is 1.55.